The van der Waals surface area contributed by atoms with Crippen LogP contribution in [0.25, 0.3) is 0 Å². The molecule has 1 saturated carbocycles. The van der Waals surface area contributed by atoms with Crippen molar-refractivity contribution in [1.29, 1.82) is 0 Å². The summed E-state index contributed by atoms with van der Waals surface area (Å²) in [6.45, 7) is 4.55. The fourth-order valence-corrected chi connectivity index (χ4v) is 3.09. The SMILES string of the molecule is CCNCC1CCCC1CCc1ccccc1. The summed E-state index contributed by atoms with van der Waals surface area (Å²) < 4.78 is 0. The van der Waals surface area contributed by atoms with Crippen molar-refractivity contribution in [2.45, 2.75) is 39.0 Å². The van der Waals surface area contributed by atoms with Crippen molar-refractivity contribution in [3.05, 3.63) is 35.9 Å². The van der Waals surface area contributed by atoms with E-state index in [1.54, 1.807) is 0 Å². The summed E-state index contributed by atoms with van der Waals surface area (Å²) in [5.74, 6) is 1.88. The standard InChI is InChI=1S/C16H25N/c1-2-17-13-16-10-6-9-15(16)12-11-14-7-4-3-5-8-14/h3-5,7-8,15-17H,2,6,9-13H2,1H3. The summed E-state index contributed by atoms with van der Waals surface area (Å²) in [6, 6.07) is 10.9. The Morgan fingerprint density at radius 1 is 1.12 bits per heavy atom. The number of aryl methyl sites for hydroxylation is 1. The third-order valence-electron chi connectivity index (χ3n) is 4.12. The summed E-state index contributed by atoms with van der Waals surface area (Å²) in [5, 5.41) is 3.52. The first kappa shape index (κ1) is 12.6. The molecule has 1 N–H and O–H groups in total. The Morgan fingerprint density at radius 2 is 1.88 bits per heavy atom. The second-order valence-corrected chi connectivity index (χ2v) is 5.28. The van der Waals surface area contributed by atoms with Crippen LogP contribution in [0, 0.1) is 11.8 Å². The predicted octanol–water partition coefficient (Wildman–Crippen LogP) is 3.65. The molecule has 2 unspecified atom stereocenters. The van der Waals surface area contributed by atoms with Crippen LogP contribution in [0.2, 0.25) is 0 Å². The Kier molecular flexibility index (Phi) is 5.06. The molecular formula is C16H25N. The fourth-order valence-electron chi connectivity index (χ4n) is 3.09. The number of hydrogen-bond donors (Lipinski definition) is 1. The van der Waals surface area contributed by atoms with E-state index in [-0.39, 0.29) is 0 Å². The maximum Gasteiger partial charge on any atom is -0.00180 e. The summed E-state index contributed by atoms with van der Waals surface area (Å²) in [6.07, 6.45) is 6.96. The molecule has 0 radical (unpaired) electrons. The van der Waals surface area contributed by atoms with E-state index in [1.165, 1.54) is 44.2 Å². The zero-order chi connectivity index (χ0) is 11.9. The first-order chi connectivity index (χ1) is 8.40. The van der Waals surface area contributed by atoms with Crippen LogP contribution in [0.1, 0.15) is 38.2 Å². The zero-order valence-corrected chi connectivity index (χ0v) is 11.0. The number of benzene rings is 1. The van der Waals surface area contributed by atoms with Gasteiger partial charge in [-0.05, 0) is 49.8 Å². The van der Waals surface area contributed by atoms with Gasteiger partial charge in [0.15, 0.2) is 0 Å². The average molecular weight is 231 g/mol. The quantitative estimate of drug-likeness (QED) is 0.788. The highest BCUT2D eigenvalue weighted by atomic mass is 14.8. The molecule has 0 aromatic heterocycles. The molecule has 0 bridgehead atoms. The van der Waals surface area contributed by atoms with Crippen molar-refractivity contribution >= 4 is 0 Å². The van der Waals surface area contributed by atoms with Gasteiger partial charge in [-0.25, -0.2) is 0 Å². The monoisotopic (exact) mass is 231 g/mol. The first-order valence-electron chi connectivity index (χ1n) is 7.14. The van der Waals surface area contributed by atoms with Crippen molar-refractivity contribution in [3.63, 3.8) is 0 Å². The molecule has 1 nitrogen and oxygen atoms in total. The smallest absolute Gasteiger partial charge is 0.00180 e. The van der Waals surface area contributed by atoms with E-state index in [4.69, 9.17) is 0 Å². The summed E-state index contributed by atoms with van der Waals surface area (Å²) in [7, 11) is 0. The van der Waals surface area contributed by atoms with Gasteiger partial charge in [0.25, 0.3) is 0 Å². The van der Waals surface area contributed by atoms with E-state index >= 15 is 0 Å². The zero-order valence-electron chi connectivity index (χ0n) is 11.0. The van der Waals surface area contributed by atoms with E-state index in [0.717, 1.165) is 18.4 Å². The van der Waals surface area contributed by atoms with E-state index in [2.05, 4.69) is 42.6 Å². The molecule has 0 aliphatic heterocycles. The van der Waals surface area contributed by atoms with Crippen LogP contribution < -0.4 is 5.32 Å². The molecule has 2 rings (SSSR count). The van der Waals surface area contributed by atoms with Gasteiger partial charge in [-0.3, -0.25) is 0 Å². The van der Waals surface area contributed by atoms with Gasteiger partial charge >= 0.3 is 0 Å². The van der Waals surface area contributed by atoms with Gasteiger partial charge in [-0.15, -0.1) is 0 Å². The van der Waals surface area contributed by atoms with Gasteiger partial charge in [0, 0.05) is 0 Å². The first-order valence-corrected chi connectivity index (χ1v) is 7.14. The minimum atomic E-state index is 0.929. The predicted molar refractivity (Wildman–Crippen MR) is 74.1 cm³/mol. The van der Waals surface area contributed by atoms with E-state index in [1.807, 2.05) is 0 Å². The third-order valence-corrected chi connectivity index (χ3v) is 4.12. The lowest BCUT2D eigenvalue weighted by atomic mass is 9.90. The maximum atomic E-state index is 3.52. The van der Waals surface area contributed by atoms with Crippen LogP contribution in [0.5, 0.6) is 0 Å². The Labute approximate surface area is 106 Å². The minimum Gasteiger partial charge on any atom is -0.317 e. The Hall–Kier alpha value is -0.820. The van der Waals surface area contributed by atoms with E-state index < -0.39 is 0 Å². The van der Waals surface area contributed by atoms with E-state index in [0.29, 0.717) is 0 Å². The van der Waals surface area contributed by atoms with Crippen LogP contribution >= 0.6 is 0 Å². The second-order valence-electron chi connectivity index (χ2n) is 5.28. The largest absolute Gasteiger partial charge is 0.317 e. The van der Waals surface area contributed by atoms with Crippen molar-refractivity contribution in [2.75, 3.05) is 13.1 Å². The molecule has 94 valence electrons. The van der Waals surface area contributed by atoms with Crippen LogP contribution in [0.3, 0.4) is 0 Å². The maximum absolute atomic E-state index is 3.52. The van der Waals surface area contributed by atoms with Gasteiger partial charge in [-0.1, -0.05) is 50.1 Å². The number of nitrogens with one attached hydrogen (secondary N) is 1. The van der Waals surface area contributed by atoms with Gasteiger partial charge in [0.05, 0.1) is 0 Å². The lowest BCUT2D eigenvalue weighted by Gasteiger charge is -2.19. The van der Waals surface area contributed by atoms with E-state index in [9.17, 15) is 0 Å². The van der Waals surface area contributed by atoms with Gasteiger partial charge in [0.1, 0.15) is 0 Å². The summed E-state index contributed by atoms with van der Waals surface area (Å²) in [4.78, 5) is 0. The topological polar surface area (TPSA) is 12.0 Å². The summed E-state index contributed by atoms with van der Waals surface area (Å²) in [5.41, 5.74) is 1.50. The molecule has 1 heteroatoms. The summed E-state index contributed by atoms with van der Waals surface area (Å²) >= 11 is 0. The Bertz CT molecular complexity index is 307. The molecule has 0 amide bonds. The van der Waals surface area contributed by atoms with Gasteiger partial charge < -0.3 is 5.32 Å². The molecule has 17 heavy (non-hydrogen) atoms. The highest BCUT2D eigenvalue weighted by molar-refractivity contribution is 5.14. The molecule has 1 aromatic rings. The molecule has 1 aliphatic carbocycles. The molecule has 0 saturated heterocycles. The lowest BCUT2D eigenvalue weighted by molar-refractivity contribution is 0.350. The third kappa shape index (κ3) is 3.85. The molecule has 1 fully saturated rings. The normalized spacial score (nSPS) is 24.1. The van der Waals surface area contributed by atoms with Crippen LogP contribution in [-0.2, 0) is 6.42 Å². The van der Waals surface area contributed by atoms with Crippen LogP contribution in [-0.4, -0.2) is 13.1 Å². The van der Waals surface area contributed by atoms with Crippen LogP contribution in [0.4, 0.5) is 0 Å². The van der Waals surface area contributed by atoms with Crippen molar-refractivity contribution < 1.29 is 0 Å². The molecule has 2 atom stereocenters. The van der Waals surface area contributed by atoms with Gasteiger partial charge in [0.2, 0.25) is 0 Å². The van der Waals surface area contributed by atoms with Crippen molar-refractivity contribution in [2.24, 2.45) is 11.8 Å². The molecule has 1 aliphatic rings. The molecule has 0 heterocycles. The lowest BCUT2D eigenvalue weighted by Crippen LogP contribution is -2.25. The highest BCUT2D eigenvalue weighted by Gasteiger charge is 2.26. The Balaban J connectivity index is 1.78. The number of rotatable bonds is 6. The minimum absolute atomic E-state index is 0.929. The molecule has 0 spiro atoms. The van der Waals surface area contributed by atoms with Gasteiger partial charge in [-0.2, -0.15) is 0 Å². The average Bonchev–Trinajstić information content (AvgIpc) is 2.82. The Morgan fingerprint density at radius 3 is 2.65 bits per heavy atom. The van der Waals surface area contributed by atoms with Crippen molar-refractivity contribution in [3.8, 4) is 0 Å². The highest BCUT2D eigenvalue weighted by Crippen LogP contribution is 2.34. The molecule has 1 aromatic carbocycles. The molecular weight excluding hydrogens is 206 g/mol. The second kappa shape index (κ2) is 6.80. The van der Waals surface area contributed by atoms with Crippen LogP contribution in [0.15, 0.2) is 30.3 Å². The van der Waals surface area contributed by atoms with Crippen molar-refractivity contribution in [1.82, 2.24) is 5.32 Å². The fraction of sp³-hybridized carbons (Fsp3) is 0.625. The number of hydrogen-bond acceptors (Lipinski definition) is 1.